The Bertz CT molecular complexity index is 1020. The summed E-state index contributed by atoms with van der Waals surface area (Å²) in [4.78, 5) is 12.2. The standard InChI is InChI=1S/C24H28ClNO3/c1-6-14-26-16(3)22(17-8-10-18(25)11-9-17)20-15-19(12-13-21(20)26)29-24(4,5)23(27)28-7-2/h8-13,15H,6-7,14H2,1-5H3. The third kappa shape index (κ3) is 4.27. The van der Waals surface area contributed by atoms with E-state index in [1.54, 1.807) is 20.8 Å². The molecule has 4 nitrogen and oxygen atoms in total. The highest BCUT2D eigenvalue weighted by Crippen LogP contribution is 2.37. The summed E-state index contributed by atoms with van der Waals surface area (Å²) in [5, 5.41) is 1.80. The van der Waals surface area contributed by atoms with Crippen LogP contribution in [0.2, 0.25) is 5.02 Å². The maximum atomic E-state index is 12.2. The van der Waals surface area contributed by atoms with Crippen LogP contribution in [0.5, 0.6) is 5.75 Å². The number of aromatic nitrogens is 1. The minimum atomic E-state index is -1.06. The van der Waals surface area contributed by atoms with Crippen LogP contribution in [-0.2, 0) is 16.1 Å². The average Bonchev–Trinajstić information content (AvgIpc) is 2.94. The second-order valence-electron chi connectivity index (χ2n) is 7.63. The second kappa shape index (κ2) is 8.50. The summed E-state index contributed by atoms with van der Waals surface area (Å²) in [6, 6.07) is 13.9. The van der Waals surface area contributed by atoms with Crippen molar-refractivity contribution in [2.45, 2.75) is 53.2 Å². The molecule has 0 N–H and O–H groups in total. The van der Waals surface area contributed by atoms with Gasteiger partial charge >= 0.3 is 5.97 Å². The van der Waals surface area contributed by atoms with E-state index in [1.165, 1.54) is 5.69 Å². The van der Waals surface area contributed by atoms with Crippen molar-refractivity contribution in [3.8, 4) is 16.9 Å². The van der Waals surface area contributed by atoms with Crippen LogP contribution in [0.1, 0.15) is 39.8 Å². The van der Waals surface area contributed by atoms with E-state index in [0.29, 0.717) is 17.4 Å². The summed E-state index contributed by atoms with van der Waals surface area (Å²) in [6.45, 7) is 10.8. The molecule has 3 rings (SSSR count). The third-order valence-electron chi connectivity index (χ3n) is 5.01. The number of fused-ring (bicyclic) bond motifs is 1. The maximum absolute atomic E-state index is 12.2. The molecule has 2 aromatic carbocycles. The molecule has 1 aromatic heterocycles. The van der Waals surface area contributed by atoms with Crippen LogP contribution in [0.3, 0.4) is 0 Å². The van der Waals surface area contributed by atoms with E-state index in [-0.39, 0.29) is 5.97 Å². The minimum Gasteiger partial charge on any atom is -0.476 e. The summed E-state index contributed by atoms with van der Waals surface area (Å²) >= 11 is 6.10. The predicted molar refractivity (Wildman–Crippen MR) is 119 cm³/mol. The van der Waals surface area contributed by atoms with Gasteiger partial charge in [-0.2, -0.15) is 0 Å². The Labute approximate surface area is 177 Å². The molecule has 0 aliphatic carbocycles. The highest BCUT2D eigenvalue weighted by molar-refractivity contribution is 6.30. The van der Waals surface area contributed by atoms with Gasteiger partial charge in [0.1, 0.15) is 5.75 Å². The quantitative estimate of drug-likeness (QED) is 0.420. The molecular weight excluding hydrogens is 386 g/mol. The van der Waals surface area contributed by atoms with E-state index in [4.69, 9.17) is 21.1 Å². The number of halogens is 1. The van der Waals surface area contributed by atoms with Gasteiger partial charge in [-0.1, -0.05) is 30.7 Å². The number of hydrogen-bond donors (Lipinski definition) is 0. The average molecular weight is 414 g/mol. The van der Waals surface area contributed by atoms with Crippen LogP contribution in [0.25, 0.3) is 22.0 Å². The van der Waals surface area contributed by atoms with E-state index in [2.05, 4.69) is 24.5 Å². The number of nitrogens with zero attached hydrogens (tertiary/aromatic N) is 1. The molecule has 5 heteroatoms. The lowest BCUT2D eigenvalue weighted by molar-refractivity contribution is -0.158. The molecule has 0 spiro atoms. The third-order valence-corrected chi connectivity index (χ3v) is 5.27. The molecule has 3 aromatic rings. The Morgan fingerprint density at radius 3 is 2.41 bits per heavy atom. The Morgan fingerprint density at radius 1 is 1.10 bits per heavy atom. The first-order valence-corrected chi connectivity index (χ1v) is 10.4. The van der Waals surface area contributed by atoms with Gasteiger partial charge in [0.25, 0.3) is 0 Å². The van der Waals surface area contributed by atoms with Gasteiger partial charge in [-0.05, 0) is 70.0 Å². The van der Waals surface area contributed by atoms with Gasteiger partial charge in [0, 0.05) is 33.7 Å². The van der Waals surface area contributed by atoms with Crippen molar-refractivity contribution in [1.82, 2.24) is 4.57 Å². The van der Waals surface area contributed by atoms with E-state index in [9.17, 15) is 4.79 Å². The summed E-state index contributed by atoms with van der Waals surface area (Å²) in [5.41, 5.74) is 3.55. The van der Waals surface area contributed by atoms with E-state index < -0.39 is 5.60 Å². The Hall–Kier alpha value is -2.46. The van der Waals surface area contributed by atoms with E-state index in [0.717, 1.165) is 35.0 Å². The van der Waals surface area contributed by atoms with Crippen molar-refractivity contribution < 1.29 is 14.3 Å². The van der Waals surface area contributed by atoms with E-state index in [1.807, 2.05) is 36.4 Å². The van der Waals surface area contributed by atoms with Gasteiger partial charge in [0.2, 0.25) is 0 Å². The van der Waals surface area contributed by atoms with Gasteiger partial charge in [-0.15, -0.1) is 0 Å². The van der Waals surface area contributed by atoms with Crippen LogP contribution in [0.15, 0.2) is 42.5 Å². The lowest BCUT2D eigenvalue weighted by atomic mass is 10.0. The maximum Gasteiger partial charge on any atom is 0.349 e. The number of benzene rings is 2. The first kappa shape index (κ1) is 21.3. The monoisotopic (exact) mass is 413 g/mol. The molecule has 29 heavy (non-hydrogen) atoms. The van der Waals surface area contributed by atoms with Gasteiger partial charge in [-0.3, -0.25) is 0 Å². The van der Waals surface area contributed by atoms with Gasteiger partial charge in [-0.25, -0.2) is 4.79 Å². The van der Waals surface area contributed by atoms with Crippen molar-refractivity contribution in [2.75, 3.05) is 6.61 Å². The molecule has 0 bridgehead atoms. The van der Waals surface area contributed by atoms with Crippen molar-refractivity contribution in [1.29, 1.82) is 0 Å². The highest BCUT2D eigenvalue weighted by atomic mass is 35.5. The number of carbonyl (C=O) groups excluding carboxylic acids is 1. The molecule has 0 fully saturated rings. The molecule has 0 unspecified atom stereocenters. The predicted octanol–water partition coefficient (Wildman–Crippen LogP) is 6.40. The molecule has 0 aliphatic rings. The summed E-state index contributed by atoms with van der Waals surface area (Å²) in [6.07, 6.45) is 1.04. The van der Waals surface area contributed by atoms with Crippen LogP contribution in [0, 0.1) is 6.92 Å². The van der Waals surface area contributed by atoms with Crippen molar-refractivity contribution in [3.63, 3.8) is 0 Å². The van der Waals surface area contributed by atoms with Crippen molar-refractivity contribution >= 4 is 28.5 Å². The first-order valence-electron chi connectivity index (χ1n) is 10.0. The summed E-state index contributed by atoms with van der Waals surface area (Å²) < 4.78 is 13.5. The van der Waals surface area contributed by atoms with Crippen LogP contribution >= 0.6 is 11.6 Å². The lowest BCUT2D eigenvalue weighted by Crippen LogP contribution is -2.39. The second-order valence-corrected chi connectivity index (χ2v) is 8.07. The summed E-state index contributed by atoms with van der Waals surface area (Å²) in [7, 11) is 0. The molecule has 154 valence electrons. The topological polar surface area (TPSA) is 40.5 Å². The smallest absolute Gasteiger partial charge is 0.349 e. The summed E-state index contributed by atoms with van der Waals surface area (Å²) in [5.74, 6) is 0.261. The van der Waals surface area contributed by atoms with Gasteiger partial charge in [0.05, 0.1) is 6.61 Å². The molecule has 1 heterocycles. The van der Waals surface area contributed by atoms with Crippen LogP contribution in [-0.4, -0.2) is 22.7 Å². The Kier molecular flexibility index (Phi) is 6.23. The largest absolute Gasteiger partial charge is 0.476 e. The molecule has 0 saturated heterocycles. The molecule has 0 aliphatic heterocycles. The minimum absolute atomic E-state index is 0.324. The Morgan fingerprint density at radius 2 is 1.79 bits per heavy atom. The lowest BCUT2D eigenvalue weighted by Gasteiger charge is -2.24. The molecule has 0 saturated carbocycles. The fraction of sp³-hybridized carbons (Fsp3) is 0.375. The number of esters is 1. The zero-order valence-corrected chi connectivity index (χ0v) is 18.5. The van der Waals surface area contributed by atoms with Crippen molar-refractivity contribution in [2.24, 2.45) is 0 Å². The zero-order chi connectivity index (χ0) is 21.2. The fourth-order valence-electron chi connectivity index (χ4n) is 3.66. The molecular formula is C24H28ClNO3. The molecule has 0 atom stereocenters. The highest BCUT2D eigenvalue weighted by Gasteiger charge is 2.32. The number of ether oxygens (including phenoxy) is 2. The van der Waals surface area contributed by atoms with Crippen molar-refractivity contribution in [3.05, 3.63) is 53.2 Å². The normalized spacial score (nSPS) is 11.7. The zero-order valence-electron chi connectivity index (χ0n) is 17.7. The SMILES string of the molecule is CCCn1c(C)c(-c2ccc(Cl)cc2)c2cc(OC(C)(C)C(=O)OCC)ccc21. The molecule has 0 radical (unpaired) electrons. The van der Waals surface area contributed by atoms with Gasteiger partial charge < -0.3 is 14.0 Å². The number of aryl methyl sites for hydroxylation is 1. The first-order chi connectivity index (χ1) is 13.8. The van der Waals surface area contributed by atoms with Crippen LogP contribution < -0.4 is 4.74 Å². The van der Waals surface area contributed by atoms with Gasteiger partial charge in [0.15, 0.2) is 5.60 Å². The Balaban J connectivity index is 2.12. The van der Waals surface area contributed by atoms with Crippen LogP contribution in [0.4, 0.5) is 0 Å². The number of carbonyl (C=O) groups is 1. The van der Waals surface area contributed by atoms with E-state index >= 15 is 0 Å². The number of hydrogen-bond acceptors (Lipinski definition) is 3. The number of rotatable bonds is 7. The molecule has 0 amide bonds. The fourth-order valence-corrected chi connectivity index (χ4v) is 3.78.